The molecule has 27 heavy (non-hydrogen) atoms. The van der Waals surface area contributed by atoms with Crippen LogP contribution in [0.2, 0.25) is 0 Å². The number of carbonyl (C=O) groups excluding carboxylic acids is 1. The first-order valence-electron chi connectivity index (χ1n) is 9.91. The molecule has 0 atom stereocenters. The number of piperidine rings is 1. The van der Waals surface area contributed by atoms with Crippen molar-refractivity contribution in [1.29, 1.82) is 0 Å². The lowest BCUT2D eigenvalue weighted by Gasteiger charge is -2.39. The van der Waals surface area contributed by atoms with Crippen LogP contribution in [0.5, 0.6) is 5.75 Å². The lowest BCUT2D eigenvalue weighted by Crippen LogP contribution is -2.47. The molecule has 2 aromatic rings. The number of aromatic hydroxyl groups is 1. The number of amides is 1. The smallest absolute Gasteiger partial charge is 0.227 e. The lowest BCUT2D eigenvalue weighted by molar-refractivity contribution is -0.120. The molecule has 0 radical (unpaired) electrons. The number of likely N-dealkylation sites (tertiary alicyclic amines) is 1. The van der Waals surface area contributed by atoms with E-state index in [1.165, 1.54) is 0 Å². The van der Waals surface area contributed by atoms with E-state index in [1.54, 1.807) is 6.07 Å². The Morgan fingerprint density at radius 1 is 1.07 bits per heavy atom. The summed E-state index contributed by atoms with van der Waals surface area (Å²) >= 11 is 0. The van der Waals surface area contributed by atoms with E-state index >= 15 is 0 Å². The van der Waals surface area contributed by atoms with Crippen LogP contribution in [-0.4, -0.2) is 35.0 Å². The van der Waals surface area contributed by atoms with Gasteiger partial charge in [-0.15, -0.1) is 0 Å². The summed E-state index contributed by atoms with van der Waals surface area (Å²) < 4.78 is 0. The number of phenolic OH excluding ortho intramolecular Hbond substituents is 1. The molecule has 1 aliphatic heterocycles. The molecule has 1 aliphatic rings. The third-order valence-electron chi connectivity index (χ3n) is 5.19. The standard InChI is InChI=1S/C23H30N2O2/c1-18(2)16-23(27)25(20-9-4-3-5-10-20)21-12-14-24(15-13-21)17-19-8-6-7-11-22(19)26/h3-11,18,21,26H,12-17H2,1-2H3. The molecule has 144 valence electrons. The molecule has 4 heteroatoms. The van der Waals surface area contributed by atoms with E-state index < -0.39 is 0 Å². The molecule has 2 aromatic carbocycles. The molecule has 1 fully saturated rings. The summed E-state index contributed by atoms with van der Waals surface area (Å²) in [4.78, 5) is 17.3. The van der Waals surface area contributed by atoms with E-state index in [-0.39, 0.29) is 11.9 Å². The van der Waals surface area contributed by atoms with E-state index in [0.717, 1.165) is 43.7 Å². The Morgan fingerprint density at radius 3 is 2.33 bits per heavy atom. The van der Waals surface area contributed by atoms with Gasteiger partial charge in [0, 0.05) is 43.3 Å². The van der Waals surface area contributed by atoms with E-state index in [2.05, 4.69) is 18.7 Å². The van der Waals surface area contributed by atoms with E-state index in [1.807, 2.05) is 53.4 Å². The van der Waals surface area contributed by atoms with Gasteiger partial charge in [-0.25, -0.2) is 0 Å². The van der Waals surface area contributed by atoms with Gasteiger partial charge >= 0.3 is 0 Å². The quantitative estimate of drug-likeness (QED) is 0.822. The van der Waals surface area contributed by atoms with E-state index in [9.17, 15) is 9.90 Å². The number of rotatable bonds is 6. The van der Waals surface area contributed by atoms with Gasteiger partial charge in [-0.05, 0) is 37.0 Å². The fourth-order valence-electron chi connectivity index (χ4n) is 3.82. The van der Waals surface area contributed by atoms with Crippen LogP contribution in [-0.2, 0) is 11.3 Å². The molecule has 0 aromatic heterocycles. The third-order valence-corrected chi connectivity index (χ3v) is 5.19. The zero-order valence-electron chi connectivity index (χ0n) is 16.3. The maximum absolute atomic E-state index is 12.9. The van der Waals surface area contributed by atoms with Gasteiger partial charge in [-0.1, -0.05) is 50.2 Å². The van der Waals surface area contributed by atoms with Gasteiger partial charge in [0.2, 0.25) is 5.91 Å². The van der Waals surface area contributed by atoms with Gasteiger partial charge in [0.1, 0.15) is 5.75 Å². The van der Waals surface area contributed by atoms with Crippen molar-refractivity contribution in [2.75, 3.05) is 18.0 Å². The van der Waals surface area contributed by atoms with Crippen molar-refractivity contribution >= 4 is 11.6 Å². The first kappa shape index (κ1) is 19.4. The number of phenols is 1. The van der Waals surface area contributed by atoms with Crippen LogP contribution >= 0.6 is 0 Å². The van der Waals surface area contributed by atoms with Crippen LogP contribution in [0.4, 0.5) is 5.69 Å². The molecule has 1 heterocycles. The molecule has 1 saturated heterocycles. The lowest BCUT2D eigenvalue weighted by atomic mass is 9.99. The topological polar surface area (TPSA) is 43.8 Å². The number of nitrogens with zero attached hydrogens (tertiary/aromatic N) is 2. The molecular weight excluding hydrogens is 336 g/mol. The van der Waals surface area contributed by atoms with Gasteiger partial charge in [0.15, 0.2) is 0 Å². The number of carbonyl (C=O) groups is 1. The second-order valence-electron chi connectivity index (χ2n) is 7.83. The maximum Gasteiger partial charge on any atom is 0.227 e. The molecular formula is C23H30N2O2. The minimum Gasteiger partial charge on any atom is -0.508 e. The average molecular weight is 367 g/mol. The van der Waals surface area contributed by atoms with Gasteiger partial charge < -0.3 is 10.0 Å². The number of hydrogen-bond acceptors (Lipinski definition) is 3. The van der Waals surface area contributed by atoms with Crippen LogP contribution in [0.15, 0.2) is 54.6 Å². The molecule has 4 nitrogen and oxygen atoms in total. The SMILES string of the molecule is CC(C)CC(=O)N(c1ccccc1)C1CCN(Cc2ccccc2O)CC1. The van der Waals surface area contributed by atoms with Crippen LogP contribution < -0.4 is 4.90 Å². The highest BCUT2D eigenvalue weighted by molar-refractivity contribution is 5.94. The second-order valence-corrected chi connectivity index (χ2v) is 7.83. The van der Waals surface area contributed by atoms with E-state index in [0.29, 0.717) is 18.1 Å². The Kier molecular flexibility index (Phi) is 6.51. The Labute approximate surface area is 162 Å². The van der Waals surface area contributed by atoms with Gasteiger partial charge in [0.25, 0.3) is 0 Å². The predicted octanol–water partition coefficient (Wildman–Crippen LogP) is 4.44. The van der Waals surface area contributed by atoms with Crippen molar-refractivity contribution in [3.63, 3.8) is 0 Å². The number of benzene rings is 2. The maximum atomic E-state index is 12.9. The fourth-order valence-corrected chi connectivity index (χ4v) is 3.82. The average Bonchev–Trinajstić information content (AvgIpc) is 2.65. The van der Waals surface area contributed by atoms with Crippen LogP contribution in [0.1, 0.15) is 38.7 Å². The second kappa shape index (κ2) is 9.05. The molecule has 0 saturated carbocycles. The molecule has 1 amide bonds. The van der Waals surface area contributed by atoms with Gasteiger partial charge in [-0.3, -0.25) is 9.69 Å². The predicted molar refractivity (Wildman–Crippen MR) is 110 cm³/mol. The zero-order chi connectivity index (χ0) is 19.2. The molecule has 3 rings (SSSR count). The zero-order valence-corrected chi connectivity index (χ0v) is 16.3. The summed E-state index contributed by atoms with van der Waals surface area (Å²) in [6.07, 6.45) is 2.48. The largest absolute Gasteiger partial charge is 0.508 e. The molecule has 0 spiro atoms. The first-order chi connectivity index (χ1) is 13.0. The van der Waals surface area contributed by atoms with Crippen LogP contribution in [0.3, 0.4) is 0 Å². The summed E-state index contributed by atoms with van der Waals surface area (Å²) in [7, 11) is 0. The Balaban J connectivity index is 1.67. The molecule has 0 bridgehead atoms. The summed E-state index contributed by atoms with van der Waals surface area (Å²) in [5.41, 5.74) is 1.97. The van der Waals surface area contributed by atoms with Crippen LogP contribution in [0.25, 0.3) is 0 Å². The Morgan fingerprint density at radius 2 is 1.70 bits per heavy atom. The monoisotopic (exact) mass is 366 g/mol. The number of para-hydroxylation sites is 2. The summed E-state index contributed by atoms with van der Waals surface area (Å²) in [5.74, 6) is 0.929. The summed E-state index contributed by atoms with van der Waals surface area (Å²) in [5, 5.41) is 10.0. The highest BCUT2D eigenvalue weighted by Crippen LogP contribution is 2.27. The minimum absolute atomic E-state index is 0.218. The Hall–Kier alpha value is -2.33. The Bertz CT molecular complexity index is 737. The number of anilines is 1. The normalized spacial score (nSPS) is 15.8. The van der Waals surface area contributed by atoms with Crippen molar-refractivity contribution in [2.24, 2.45) is 5.92 Å². The van der Waals surface area contributed by atoms with Crippen molar-refractivity contribution in [3.05, 3.63) is 60.2 Å². The van der Waals surface area contributed by atoms with Crippen molar-refractivity contribution < 1.29 is 9.90 Å². The van der Waals surface area contributed by atoms with Gasteiger partial charge in [-0.2, -0.15) is 0 Å². The molecule has 0 unspecified atom stereocenters. The van der Waals surface area contributed by atoms with Gasteiger partial charge in [0.05, 0.1) is 0 Å². The van der Waals surface area contributed by atoms with E-state index in [4.69, 9.17) is 0 Å². The number of hydrogen-bond donors (Lipinski definition) is 1. The fraction of sp³-hybridized carbons (Fsp3) is 0.435. The first-order valence-corrected chi connectivity index (χ1v) is 9.91. The summed E-state index contributed by atoms with van der Waals surface area (Å²) in [6.45, 7) is 6.80. The molecule has 0 aliphatic carbocycles. The highest BCUT2D eigenvalue weighted by Gasteiger charge is 2.29. The van der Waals surface area contributed by atoms with Crippen molar-refractivity contribution in [3.8, 4) is 5.75 Å². The third kappa shape index (κ3) is 5.10. The minimum atomic E-state index is 0.218. The van der Waals surface area contributed by atoms with Crippen LogP contribution in [0, 0.1) is 5.92 Å². The highest BCUT2D eigenvalue weighted by atomic mass is 16.3. The summed E-state index contributed by atoms with van der Waals surface area (Å²) in [6, 6.07) is 17.8. The van der Waals surface area contributed by atoms with Crippen molar-refractivity contribution in [2.45, 2.75) is 45.7 Å². The van der Waals surface area contributed by atoms with Crippen molar-refractivity contribution in [1.82, 2.24) is 4.90 Å². The molecule has 1 N–H and O–H groups in total.